The zero-order valence-electron chi connectivity index (χ0n) is 8.69. The van der Waals surface area contributed by atoms with Crippen molar-refractivity contribution in [1.29, 1.82) is 0 Å². The highest BCUT2D eigenvalue weighted by atomic mass is 35.5. The number of halogens is 1. The van der Waals surface area contributed by atoms with Crippen molar-refractivity contribution in [2.45, 2.75) is 12.5 Å². The van der Waals surface area contributed by atoms with Gasteiger partial charge >= 0.3 is 0 Å². The highest BCUT2D eigenvalue weighted by Gasteiger charge is 2.11. The van der Waals surface area contributed by atoms with Crippen molar-refractivity contribution in [1.82, 2.24) is 5.32 Å². The Balaban J connectivity index is 2.55. The Hall–Kier alpha value is -1.10. The van der Waals surface area contributed by atoms with Crippen LogP contribution in [-0.4, -0.2) is 35.4 Å². The van der Waals surface area contributed by atoms with E-state index in [4.69, 9.17) is 21.8 Å². The Labute approximate surface area is 98.9 Å². The molecule has 0 heterocycles. The molecule has 0 aliphatic heterocycles. The molecular weight excluding hydrogens is 230 g/mol. The Morgan fingerprint density at radius 1 is 1.31 bits per heavy atom. The summed E-state index contributed by atoms with van der Waals surface area (Å²) in [6, 6.07) is 6.43. The van der Waals surface area contributed by atoms with E-state index in [0.717, 1.165) is 5.56 Å². The number of hydrogen-bond acceptors (Lipinski definition) is 3. The number of rotatable bonds is 5. The van der Waals surface area contributed by atoms with Crippen LogP contribution in [0, 0.1) is 0 Å². The van der Waals surface area contributed by atoms with Gasteiger partial charge in [-0.2, -0.15) is 0 Å². The summed E-state index contributed by atoms with van der Waals surface area (Å²) in [5.74, 6) is -0.277. The number of carbonyl (C=O) groups excluding carboxylic acids is 1. The fourth-order valence-electron chi connectivity index (χ4n) is 1.24. The maximum absolute atomic E-state index is 11.5. The molecule has 0 atom stereocenters. The van der Waals surface area contributed by atoms with Crippen LogP contribution in [0.1, 0.15) is 5.56 Å². The molecule has 88 valence electrons. The molecule has 1 aromatic carbocycles. The van der Waals surface area contributed by atoms with Crippen molar-refractivity contribution < 1.29 is 15.0 Å². The number of aliphatic hydroxyl groups is 2. The molecule has 3 N–H and O–H groups in total. The second kappa shape index (κ2) is 6.48. The molecule has 0 radical (unpaired) electrons. The third-order valence-electron chi connectivity index (χ3n) is 2.11. The first-order chi connectivity index (χ1) is 7.67. The van der Waals surface area contributed by atoms with Gasteiger partial charge in [0.1, 0.15) is 0 Å². The van der Waals surface area contributed by atoms with Crippen LogP contribution in [0.5, 0.6) is 0 Å². The molecule has 0 aromatic heterocycles. The first-order valence-electron chi connectivity index (χ1n) is 4.92. The topological polar surface area (TPSA) is 69.6 Å². The molecule has 0 saturated carbocycles. The van der Waals surface area contributed by atoms with Gasteiger partial charge in [0, 0.05) is 5.02 Å². The van der Waals surface area contributed by atoms with Crippen LogP contribution in [0.25, 0.3) is 0 Å². The number of amides is 1. The molecule has 4 nitrogen and oxygen atoms in total. The molecule has 0 fully saturated rings. The van der Waals surface area contributed by atoms with E-state index in [0.29, 0.717) is 5.02 Å². The summed E-state index contributed by atoms with van der Waals surface area (Å²) in [6.07, 6.45) is 0.135. The second-order valence-electron chi connectivity index (χ2n) is 3.40. The van der Waals surface area contributed by atoms with Crippen LogP contribution in [0.15, 0.2) is 24.3 Å². The number of nitrogens with one attached hydrogen (secondary N) is 1. The van der Waals surface area contributed by atoms with Gasteiger partial charge in [-0.15, -0.1) is 0 Å². The molecule has 5 heteroatoms. The van der Waals surface area contributed by atoms with Gasteiger partial charge in [-0.25, -0.2) is 0 Å². The summed E-state index contributed by atoms with van der Waals surface area (Å²) in [6.45, 7) is -0.574. The van der Waals surface area contributed by atoms with E-state index in [9.17, 15) is 4.79 Å². The minimum absolute atomic E-state index is 0.135. The van der Waals surface area contributed by atoms with Crippen molar-refractivity contribution in [3.63, 3.8) is 0 Å². The summed E-state index contributed by atoms with van der Waals surface area (Å²) in [4.78, 5) is 11.5. The van der Waals surface area contributed by atoms with Crippen LogP contribution in [-0.2, 0) is 11.2 Å². The van der Waals surface area contributed by atoms with Crippen LogP contribution < -0.4 is 5.32 Å². The predicted octanol–water partition coefficient (Wildman–Crippen LogP) is 0.352. The van der Waals surface area contributed by atoms with Gasteiger partial charge in [0.25, 0.3) is 0 Å². The molecule has 1 amide bonds. The lowest BCUT2D eigenvalue weighted by Crippen LogP contribution is -2.40. The summed E-state index contributed by atoms with van der Waals surface area (Å²) < 4.78 is 0. The molecule has 1 aromatic rings. The van der Waals surface area contributed by atoms with Crippen LogP contribution >= 0.6 is 11.6 Å². The number of hydrogen-bond donors (Lipinski definition) is 3. The van der Waals surface area contributed by atoms with Crippen LogP contribution in [0.2, 0.25) is 5.02 Å². The third-order valence-corrected chi connectivity index (χ3v) is 2.48. The zero-order chi connectivity index (χ0) is 12.0. The number of benzene rings is 1. The first kappa shape index (κ1) is 13.0. The molecular formula is C11H14ClNO3. The standard InChI is InChI=1S/C11H14ClNO3/c12-10-4-2-1-3-8(10)5-11(16)13-9(6-14)7-15/h1-4,9,14-15H,5-7H2,(H,13,16). The van der Waals surface area contributed by atoms with Gasteiger partial charge in [-0.05, 0) is 11.6 Å². The van der Waals surface area contributed by atoms with Crippen molar-refractivity contribution in [3.8, 4) is 0 Å². The highest BCUT2D eigenvalue weighted by Crippen LogP contribution is 2.15. The first-order valence-corrected chi connectivity index (χ1v) is 5.29. The van der Waals surface area contributed by atoms with E-state index >= 15 is 0 Å². The van der Waals surface area contributed by atoms with E-state index in [1.54, 1.807) is 24.3 Å². The average Bonchev–Trinajstić information content (AvgIpc) is 2.29. The second-order valence-corrected chi connectivity index (χ2v) is 3.80. The summed E-state index contributed by atoms with van der Waals surface area (Å²) >= 11 is 5.89. The lowest BCUT2D eigenvalue weighted by Gasteiger charge is -2.13. The van der Waals surface area contributed by atoms with Gasteiger partial charge in [-0.3, -0.25) is 4.79 Å². The van der Waals surface area contributed by atoms with E-state index in [2.05, 4.69) is 5.32 Å². The summed E-state index contributed by atoms with van der Waals surface area (Å²) in [5.41, 5.74) is 0.719. The van der Waals surface area contributed by atoms with Gasteiger partial charge in [-0.1, -0.05) is 29.8 Å². The highest BCUT2D eigenvalue weighted by molar-refractivity contribution is 6.31. The summed E-state index contributed by atoms with van der Waals surface area (Å²) in [5, 5.41) is 20.6. The molecule has 0 unspecified atom stereocenters. The molecule has 0 spiro atoms. The average molecular weight is 244 g/mol. The minimum atomic E-state index is -0.616. The van der Waals surface area contributed by atoms with E-state index < -0.39 is 6.04 Å². The fraction of sp³-hybridized carbons (Fsp3) is 0.364. The molecule has 1 rings (SSSR count). The van der Waals surface area contributed by atoms with Crippen molar-refractivity contribution in [2.24, 2.45) is 0 Å². The van der Waals surface area contributed by atoms with Crippen LogP contribution in [0.4, 0.5) is 0 Å². The zero-order valence-corrected chi connectivity index (χ0v) is 9.44. The Morgan fingerprint density at radius 3 is 2.50 bits per heavy atom. The van der Waals surface area contributed by atoms with Crippen molar-refractivity contribution in [2.75, 3.05) is 13.2 Å². The molecule has 0 bridgehead atoms. The smallest absolute Gasteiger partial charge is 0.224 e. The van der Waals surface area contributed by atoms with Gasteiger partial charge in [0.2, 0.25) is 5.91 Å². The molecule has 0 saturated heterocycles. The Bertz CT molecular complexity index is 353. The van der Waals surface area contributed by atoms with Gasteiger partial charge in [0.05, 0.1) is 25.7 Å². The normalized spacial score (nSPS) is 10.5. The fourth-order valence-corrected chi connectivity index (χ4v) is 1.45. The van der Waals surface area contributed by atoms with Gasteiger partial charge < -0.3 is 15.5 Å². The number of aliphatic hydroxyl groups excluding tert-OH is 2. The monoisotopic (exact) mass is 243 g/mol. The van der Waals surface area contributed by atoms with E-state index in [1.807, 2.05) is 0 Å². The Kier molecular flexibility index (Phi) is 5.25. The van der Waals surface area contributed by atoms with E-state index in [-0.39, 0.29) is 25.5 Å². The molecule has 0 aliphatic rings. The third kappa shape index (κ3) is 3.81. The maximum Gasteiger partial charge on any atom is 0.224 e. The van der Waals surface area contributed by atoms with Crippen molar-refractivity contribution in [3.05, 3.63) is 34.9 Å². The maximum atomic E-state index is 11.5. The SMILES string of the molecule is O=C(Cc1ccccc1Cl)NC(CO)CO. The molecule has 16 heavy (non-hydrogen) atoms. The molecule has 0 aliphatic carbocycles. The number of carbonyl (C=O) groups is 1. The van der Waals surface area contributed by atoms with Gasteiger partial charge in [0.15, 0.2) is 0 Å². The van der Waals surface area contributed by atoms with E-state index in [1.165, 1.54) is 0 Å². The largest absolute Gasteiger partial charge is 0.394 e. The minimum Gasteiger partial charge on any atom is -0.394 e. The lowest BCUT2D eigenvalue weighted by atomic mass is 10.1. The lowest BCUT2D eigenvalue weighted by molar-refractivity contribution is -0.121. The van der Waals surface area contributed by atoms with Crippen LogP contribution in [0.3, 0.4) is 0 Å². The predicted molar refractivity (Wildman–Crippen MR) is 61.3 cm³/mol. The quantitative estimate of drug-likeness (QED) is 0.699. The summed E-state index contributed by atoms with van der Waals surface area (Å²) in [7, 11) is 0. The Morgan fingerprint density at radius 2 is 1.94 bits per heavy atom. The van der Waals surface area contributed by atoms with Crippen molar-refractivity contribution >= 4 is 17.5 Å².